The average Bonchev–Trinajstić information content (AvgIpc) is 3.04. The number of rotatable bonds is 4. The Morgan fingerprint density at radius 3 is 2.95 bits per heavy atom. The first kappa shape index (κ1) is 14.0. The van der Waals surface area contributed by atoms with E-state index in [-0.39, 0.29) is 18.4 Å². The Hall–Kier alpha value is -1.99. The molecule has 1 saturated heterocycles. The summed E-state index contributed by atoms with van der Waals surface area (Å²) < 4.78 is 1.03. The molecule has 21 heavy (non-hydrogen) atoms. The second-order valence-corrected chi connectivity index (χ2v) is 6.12. The number of nitrogens with zero attached hydrogens (tertiary/aromatic N) is 2. The van der Waals surface area contributed by atoms with Crippen LogP contribution in [0.4, 0.5) is 5.13 Å². The molecule has 110 valence electrons. The highest BCUT2D eigenvalue weighted by Crippen LogP contribution is 2.25. The van der Waals surface area contributed by atoms with Crippen LogP contribution in [0.2, 0.25) is 0 Å². The number of carbonyl (C=O) groups excluding carboxylic acids is 1. The third-order valence-electron chi connectivity index (χ3n) is 3.53. The summed E-state index contributed by atoms with van der Waals surface area (Å²) in [6.07, 6.45) is 0.601. The zero-order chi connectivity index (χ0) is 14.8. The number of anilines is 1. The third kappa shape index (κ3) is 3.20. The van der Waals surface area contributed by atoms with Crippen molar-refractivity contribution in [3.63, 3.8) is 0 Å². The van der Waals surface area contributed by atoms with E-state index < -0.39 is 5.97 Å². The topological polar surface area (TPSA) is 82.5 Å². The van der Waals surface area contributed by atoms with Crippen molar-refractivity contribution in [3.05, 3.63) is 24.3 Å². The van der Waals surface area contributed by atoms with Gasteiger partial charge in [0.15, 0.2) is 5.13 Å². The Balaban J connectivity index is 1.58. The van der Waals surface area contributed by atoms with Crippen LogP contribution in [0.3, 0.4) is 0 Å². The Morgan fingerprint density at radius 1 is 1.43 bits per heavy atom. The first-order valence-electron chi connectivity index (χ1n) is 6.72. The summed E-state index contributed by atoms with van der Waals surface area (Å²) in [5, 5.41) is 12.3. The van der Waals surface area contributed by atoms with E-state index in [1.807, 2.05) is 29.2 Å². The number of benzene rings is 1. The molecule has 1 unspecified atom stereocenters. The molecule has 1 fully saturated rings. The number of amides is 1. The maximum absolute atomic E-state index is 12.0. The Bertz CT molecular complexity index is 652. The summed E-state index contributed by atoms with van der Waals surface area (Å²) in [7, 11) is 0. The van der Waals surface area contributed by atoms with E-state index >= 15 is 0 Å². The molecule has 1 aliphatic rings. The van der Waals surface area contributed by atoms with Crippen molar-refractivity contribution >= 4 is 38.6 Å². The zero-order valence-electron chi connectivity index (χ0n) is 11.3. The molecule has 1 aromatic carbocycles. The van der Waals surface area contributed by atoms with Crippen LogP contribution in [0.5, 0.6) is 0 Å². The first-order valence-corrected chi connectivity index (χ1v) is 7.54. The van der Waals surface area contributed by atoms with Gasteiger partial charge in [0.2, 0.25) is 5.91 Å². The Labute approximate surface area is 125 Å². The quantitative estimate of drug-likeness (QED) is 0.897. The summed E-state index contributed by atoms with van der Waals surface area (Å²) in [5.41, 5.74) is 0.866. The van der Waals surface area contributed by atoms with Crippen molar-refractivity contribution in [1.82, 2.24) is 9.88 Å². The van der Waals surface area contributed by atoms with Crippen LogP contribution in [0.25, 0.3) is 10.2 Å². The highest BCUT2D eigenvalue weighted by Gasteiger charge is 2.28. The molecule has 2 heterocycles. The van der Waals surface area contributed by atoms with Gasteiger partial charge >= 0.3 is 5.97 Å². The minimum Gasteiger partial charge on any atom is -0.481 e. The molecule has 0 saturated carbocycles. The van der Waals surface area contributed by atoms with Crippen molar-refractivity contribution in [2.24, 2.45) is 5.92 Å². The van der Waals surface area contributed by atoms with Crippen LogP contribution < -0.4 is 5.32 Å². The number of aromatic nitrogens is 1. The summed E-state index contributed by atoms with van der Waals surface area (Å²) in [4.78, 5) is 29.1. The molecule has 0 radical (unpaired) electrons. The molecular formula is C14H15N3O3S. The Kier molecular flexibility index (Phi) is 3.85. The molecule has 2 aromatic rings. The van der Waals surface area contributed by atoms with E-state index in [2.05, 4.69) is 10.3 Å². The van der Waals surface area contributed by atoms with E-state index in [9.17, 15) is 9.59 Å². The summed E-state index contributed by atoms with van der Waals surface area (Å²) >= 11 is 1.43. The number of likely N-dealkylation sites (tertiary alicyclic amines) is 1. The predicted molar refractivity (Wildman–Crippen MR) is 80.4 cm³/mol. The van der Waals surface area contributed by atoms with Crippen LogP contribution >= 0.6 is 11.3 Å². The highest BCUT2D eigenvalue weighted by atomic mass is 32.1. The summed E-state index contributed by atoms with van der Waals surface area (Å²) in [5.74, 6) is -1.30. The molecular weight excluding hydrogens is 290 g/mol. The van der Waals surface area contributed by atoms with Gasteiger partial charge in [-0.3, -0.25) is 14.5 Å². The van der Waals surface area contributed by atoms with E-state index in [0.29, 0.717) is 24.6 Å². The van der Waals surface area contributed by atoms with Gasteiger partial charge in [0.05, 0.1) is 22.7 Å². The largest absolute Gasteiger partial charge is 0.481 e. The van der Waals surface area contributed by atoms with Gasteiger partial charge in [0, 0.05) is 6.54 Å². The van der Waals surface area contributed by atoms with Crippen LogP contribution in [0.15, 0.2) is 24.3 Å². The van der Waals surface area contributed by atoms with Crippen LogP contribution in [0.1, 0.15) is 6.42 Å². The number of thiazole rings is 1. The molecule has 2 N–H and O–H groups in total. The van der Waals surface area contributed by atoms with Gasteiger partial charge in [-0.15, -0.1) is 0 Å². The maximum atomic E-state index is 12.0. The lowest BCUT2D eigenvalue weighted by molar-refractivity contribution is -0.141. The molecule has 1 atom stereocenters. The molecule has 1 amide bonds. The minimum atomic E-state index is -0.788. The fourth-order valence-corrected chi connectivity index (χ4v) is 3.35. The van der Waals surface area contributed by atoms with E-state index in [1.54, 1.807) is 0 Å². The number of carboxylic acids is 1. The standard InChI is InChI=1S/C14H15N3O3S/c18-12(8-17-6-5-9(7-17)13(19)20)16-14-15-10-3-1-2-4-11(10)21-14/h1-4,9H,5-8H2,(H,19,20)(H,15,16,18). The lowest BCUT2D eigenvalue weighted by Crippen LogP contribution is -2.32. The smallest absolute Gasteiger partial charge is 0.307 e. The van der Waals surface area contributed by atoms with Crippen LogP contribution in [0, 0.1) is 5.92 Å². The molecule has 0 bridgehead atoms. The van der Waals surface area contributed by atoms with Crippen molar-refractivity contribution in [1.29, 1.82) is 0 Å². The van der Waals surface area contributed by atoms with E-state index in [4.69, 9.17) is 5.11 Å². The lowest BCUT2D eigenvalue weighted by atomic mass is 10.1. The molecule has 1 aliphatic heterocycles. The molecule has 3 rings (SSSR count). The predicted octanol–water partition coefficient (Wildman–Crippen LogP) is 1.64. The normalized spacial score (nSPS) is 19.0. The number of aliphatic carboxylic acids is 1. The van der Waals surface area contributed by atoms with Gasteiger partial charge in [-0.05, 0) is 25.1 Å². The molecule has 7 heteroatoms. The lowest BCUT2D eigenvalue weighted by Gasteiger charge is -2.13. The maximum Gasteiger partial charge on any atom is 0.307 e. The van der Waals surface area contributed by atoms with Crippen molar-refractivity contribution in [2.45, 2.75) is 6.42 Å². The minimum absolute atomic E-state index is 0.153. The van der Waals surface area contributed by atoms with Gasteiger partial charge in [0.1, 0.15) is 0 Å². The fourth-order valence-electron chi connectivity index (χ4n) is 2.47. The van der Waals surface area contributed by atoms with Gasteiger partial charge in [-0.1, -0.05) is 23.5 Å². The van der Waals surface area contributed by atoms with Gasteiger partial charge in [-0.2, -0.15) is 0 Å². The third-order valence-corrected chi connectivity index (χ3v) is 4.48. The molecule has 1 aromatic heterocycles. The number of carbonyl (C=O) groups is 2. The van der Waals surface area contributed by atoms with E-state index in [0.717, 1.165) is 10.2 Å². The molecule has 0 spiro atoms. The monoisotopic (exact) mass is 305 g/mol. The number of fused-ring (bicyclic) bond motifs is 1. The highest BCUT2D eigenvalue weighted by molar-refractivity contribution is 7.22. The van der Waals surface area contributed by atoms with Crippen molar-refractivity contribution in [2.75, 3.05) is 25.0 Å². The molecule has 6 nitrogen and oxygen atoms in total. The second-order valence-electron chi connectivity index (χ2n) is 5.09. The van der Waals surface area contributed by atoms with Gasteiger partial charge in [-0.25, -0.2) is 4.98 Å². The Morgan fingerprint density at radius 2 is 2.24 bits per heavy atom. The van der Waals surface area contributed by atoms with Crippen LogP contribution in [-0.4, -0.2) is 46.5 Å². The van der Waals surface area contributed by atoms with Crippen molar-refractivity contribution < 1.29 is 14.7 Å². The summed E-state index contributed by atoms with van der Waals surface area (Å²) in [6, 6.07) is 7.70. The number of hydrogen-bond donors (Lipinski definition) is 2. The van der Waals surface area contributed by atoms with Gasteiger partial charge in [0.25, 0.3) is 0 Å². The van der Waals surface area contributed by atoms with Gasteiger partial charge < -0.3 is 10.4 Å². The average molecular weight is 305 g/mol. The number of para-hydroxylation sites is 1. The first-order chi connectivity index (χ1) is 10.1. The summed E-state index contributed by atoms with van der Waals surface area (Å²) in [6.45, 7) is 1.28. The number of hydrogen-bond acceptors (Lipinski definition) is 5. The number of nitrogens with one attached hydrogen (secondary N) is 1. The zero-order valence-corrected chi connectivity index (χ0v) is 12.1. The van der Waals surface area contributed by atoms with Crippen LogP contribution in [-0.2, 0) is 9.59 Å². The van der Waals surface area contributed by atoms with Crippen molar-refractivity contribution in [3.8, 4) is 0 Å². The fraction of sp³-hybridized carbons (Fsp3) is 0.357. The number of carboxylic acid groups (broad SMARTS) is 1. The molecule has 0 aliphatic carbocycles. The van der Waals surface area contributed by atoms with E-state index in [1.165, 1.54) is 11.3 Å². The second kappa shape index (κ2) is 5.79. The SMILES string of the molecule is O=C(CN1CCC(C(=O)O)C1)Nc1nc2ccccc2s1.